The van der Waals surface area contributed by atoms with Gasteiger partial charge in [0.15, 0.2) is 0 Å². The number of imidazole rings is 1. The van der Waals surface area contributed by atoms with Gasteiger partial charge >= 0.3 is 0 Å². The van der Waals surface area contributed by atoms with Crippen molar-refractivity contribution >= 4 is 11.6 Å². The molecule has 0 atom stereocenters. The second-order valence-electron chi connectivity index (χ2n) is 4.06. The topological polar surface area (TPSA) is 56.2 Å². The van der Waals surface area contributed by atoms with Crippen molar-refractivity contribution < 1.29 is 0 Å². The van der Waals surface area contributed by atoms with Crippen molar-refractivity contribution in [1.82, 2.24) is 14.4 Å². The minimum absolute atomic E-state index is 0.485. The Kier molecular flexibility index (Phi) is 2.08. The standard InChI is InChI=1S/C13H12N4/c1-9-3-2-4-10(7-9)11-8-17-6-5-12(14)16-13(17)15-11/h2-8H,1H3,(H2,14,15,16). The van der Waals surface area contributed by atoms with E-state index in [1.54, 1.807) is 6.07 Å². The summed E-state index contributed by atoms with van der Waals surface area (Å²) in [6, 6.07) is 9.99. The molecule has 0 saturated carbocycles. The third kappa shape index (κ3) is 1.73. The van der Waals surface area contributed by atoms with Crippen LogP contribution in [0.5, 0.6) is 0 Å². The number of nitrogen functional groups attached to an aromatic ring is 1. The maximum atomic E-state index is 5.63. The van der Waals surface area contributed by atoms with Crippen molar-refractivity contribution in [3.63, 3.8) is 0 Å². The first-order valence-electron chi connectivity index (χ1n) is 5.41. The van der Waals surface area contributed by atoms with E-state index in [0.29, 0.717) is 11.6 Å². The van der Waals surface area contributed by atoms with Crippen LogP contribution in [0.15, 0.2) is 42.7 Å². The summed E-state index contributed by atoms with van der Waals surface area (Å²) in [4.78, 5) is 8.63. The summed E-state index contributed by atoms with van der Waals surface area (Å²) in [6.45, 7) is 2.07. The van der Waals surface area contributed by atoms with Crippen LogP contribution in [0.4, 0.5) is 5.82 Å². The normalized spacial score (nSPS) is 10.9. The summed E-state index contributed by atoms with van der Waals surface area (Å²) in [5.74, 6) is 1.11. The van der Waals surface area contributed by atoms with Crippen molar-refractivity contribution in [3.05, 3.63) is 48.3 Å². The molecule has 2 aromatic heterocycles. The molecule has 0 saturated heterocycles. The van der Waals surface area contributed by atoms with Gasteiger partial charge in [0, 0.05) is 18.0 Å². The van der Waals surface area contributed by atoms with Crippen LogP contribution in [0.3, 0.4) is 0 Å². The van der Waals surface area contributed by atoms with Crippen LogP contribution in [0.25, 0.3) is 17.0 Å². The van der Waals surface area contributed by atoms with Gasteiger partial charge in [0.05, 0.1) is 5.69 Å². The van der Waals surface area contributed by atoms with Crippen molar-refractivity contribution in [1.29, 1.82) is 0 Å². The van der Waals surface area contributed by atoms with Crippen LogP contribution >= 0.6 is 0 Å². The van der Waals surface area contributed by atoms with Crippen molar-refractivity contribution in [2.45, 2.75) is 6.92 Å². The van der Waals surface area contributed by atoms with Gasteiger partial charge in [-0.3, -0.25) is 4.40 Å². The molecule has 0 bridgehead atoms. The summed E-state index contributed by atoms with van der Waals surface area (Å²) in [5.41, 5.74) is 8.85. The maximum Gasteiger partial charge on any atom is 0.236 e. The lowest BCUT2D eigenvalue weighted by molar-refractivity contribution is 1.11. The number of nitrogens with two attached hydrogens (primary N) is 1. The highest BCUT2D eigenvalue weighted by molar-refractivity contribution is 5.62. The minimum Gasteiger partial charge on any atom is -0.384 e. The fourth-order valence-corrected chi connectivity index (χ4v) is 1.83. The van der Waals surface area contributed by atoms with E-state index in [9.17, 15) is 0 Å². The molecule has 4 nitrogen and oxygen atoms in total. The van der Waals surface area contributed by atoms with Gasteiger partial charge in [-0.1, -0.05) is 23.8 Å². The largest absolute Gasteiger partial charge is 0.384 e. The number of benzene rings is 1. The molecule has 0 aliphatic heterocycles. The van der Waals surface area contributed by atoms with Crippen LogP contribution in [-0.2, 0) is 0 Å². The molecule has 0 spiro atoms. The first-order valence-corrected chi connectivity index (χ1v) is 5.41. The molecule has 0 aliphatic rings. The van der Waals surface area contributed by atoms with E-state index in [0.717, 1.165) is 11.3 Å². The van der Waals surface area contributed by atoms with E-state index >= 15 is 0 Å². The van der Waals surface area contributed by atoms with Gasteiger partial charge in [-0.25, -0.2) is 4.98 Å². The first-order chi connectivity index (χ1) is 8.22. The quantitative estimate of drug-likeness (QED) is 0.690. The molecule has 1 aromatic carbocycles. The summed E-state index contributed by atoms with van der Waals surface area (Å²) in [6.07, 6.45) is 3.82. The zero-order valence-corrected chi connectivity index (χ0v) is 9.46. The predicted octanol–water partition coefficient (Wildman–Crippen LogP) is 2.29. The SMILES string of the molecule is Cc1cccc(-c2cn3ccc(N)nc3n2)c1. The predicted molar refractivity (Wildman–Crippen MR) is 67.6 cm³/mol. The van der Waals surface area contributed by atoms with Gasteiger partial charge in [0.1, 0.15) is 5.82 Å². The van der Waals surface area contributed by atoms with E-state index in [2.05, 4.69) is 29.0 Å². The molecular formula is C13H12N4. The summed E-state index contributed by atoms with van der Waals surface area (Å²) < 4.78 is 1.87. The number of fused-ring (bicyclic) bond motifs is 1. The lowest BCUT2D eigenvalue weighted by Gasteiger charge is -1.96. The van der Waals surface area contributed by atoms with Gasteiger partial charge in [-0.05, 0) is 19.1 Å². The van der Waals surface area contributed by atoms with Gasteiger partial charge in [-0.2, -0.15) is 4.98 Å². The number of hydrogen-bond acceptors (Lipinski definition) is 3. The zero-order valence-electron chi connectivity index (χ0n) is 9.46. The Bertz CT molecular complexity index is 685. The Hall–Kier alpha value is -2.36. The number of hydrogen-bond donors (Lipinski definition) is 1. The molecule has 0 fully saturated rings. The van der Waals surface area contributed by atoms with Crippen LogP contribution < -0.4 is 5.73 Å². The summed E-state index contributed by atoms with van der Waals surface area (Å²) in [5, 5.41) is 0. The highest BCUT2D eigenvalue weighted by atomic mass is 15.1. The van der Waals surface area contributed by atoms with E-state index < -0.39 is 0 Å². The molecule has 3 rings (SSSR count). The fraction of sp³-hybridized carbons (Fsp3) is 0.0769. The van der Waals surface area contributed by atoms with Gasteiger partial charge in [0.25, 0.3) is 0 Å². The molecule has 3 aromatic rings. The summed E-state index contributed by atoms with van der Waals surface area (Å²) in [7, 11) is 0. The fourth-order valence-electron chi connectivity index (χ4n) is 1.83. The van der Waals surface area contributed by atoms with E-state index in [-0.39, 0.29) is 0 Å². The molecule has 2 N–H and O–H groups in total. The van der Waals surface area contributed by atoms with Crippen LogP contribution in [0.1, 0.15) is 5.56 Å². The molecule has 2 heterocycles. The van der Waals surface area contributed by atoms with E-state index in [1.165, 1.54) is 5.56 Å². The lowest BCUT2D eigenvalue weighted by atomic mass is 10.1. The number of aryl methyl sites for hydroxylation is 1. The Morgan fingerprint density at radius 3 is 2.88 bits per heavy atom. The van der Waals surface area contributed by atoms with Crippen LogP contribution in [0, 0.1) is 6.92 Å². The van der Waals surface area contributed by atoms with Crippen molar-refractivity contribution in [2.75, 3.05) is 5.73 Å². The molecule has 0 unspecified atom stereocenters. The Labute approximate surface area is 98.8 Å². The Morgan fingerprint density at radius 1 is 1.18 bits per heavy atom. The molecule has 4 heteroatoms. The molecule has 0 aliphatic carbocycles. The van der Waals surface area contributed by atoms with Crippen LogP contribution in [-0.4, -0.2) is 14.4 Å². The third-order valence-electron chi connectivity index (χ3n) is 2.66. The molecule has 0 radical (unpaired) electrons. The Morgan fingerprint density at radius 2 is 2.06 bits per heavy atom. The maximum absolute atomic E-state index is 5.63. The molecule has 0 amide bonds. The van der Waals surface area contributed by atoms with Crippen molar-refractivity contribution in [3.8, 4) is 11.3 Å². The molecule has 17 heavy (non-hydrogen) atoms. The number of nitrogens with zero attached hydrogens (tertiary/aromatic N) is 3. The first kappa shape index (κ1) is 9.84. The number of aromatic nitrogens is 3. The molecule has 84 valence electrons. The van der Waals surface area contributed by atoms with Gasteiger partial charge in [-0.15, -0.1) is 0 Å². The second kappa shape index (κ2) is 3.59. The number of anilines is 1. The highest BCUT2D eigenvalue weighted by Crippen LogP contribution is 2.19. The average Bonchev–Trinajstić information content (AvgIpc) is 2.72. The van der Waals surface area contributed by atoms with E-state index in [4.69, 9.17) is 5.73 Å². The van der Waals surface area contributed by atoms with Gasteiger partial charge < -0.3 is 5.73 Å². The van der Waals surface area contributed by atoms with Gasteiger partial charge in [0.2, 0.25) is 5.78 Å². The monoisotopic (exact) mass is 224 g/mol. The number of rotatable bonds is 1. The lowest BCUT2D eigenvalue weighted by Crippen LogP contribution is -1.93. The minimum atomic E-state index is 0.485. The smallest absolute Gasteiger partial charge is 0.236 e. The Balaban J connectivity index is 2.18. The molecular weight excluding hydrogens is 212 g/mol. The van der Waals surface area contributed by atoms with Crippen molar-refractivity contribution in [2.24, 2.45) is 0 Å². The summed E-state index contributed by atoms with van der Waals surface area (Å²) >= 11 is 0. The zero-order chi connectivity index (χ0) is 11.8. The second-order valence-corrected chi connectivity index (χ2v) is 4.06. The average molecular weight is 224 g/mol. The third-order valence-corrected chi connectivity index (χ3v) is 2.66. The van der Waals surface area contributed by atoms with Crippen LogP contribution in [0.2, 0.25) is 0 Å². The van der Waals surface area contributed by atoms with E-state index in [1.807, 2.05) is 28.9 Å². The highest BCUT2D eigenvalue weighted by Gasteiger charge is 2.05.